The molecule has 0 aliphatic carbocycles. The average Bonchev–Trinajstić information content (AvgIpc) is 3.24. The molecule has 0 aromatic carbocycles. The number of rotatable bonds is 2. The lowest BCUT2D eigenvalue weighted by atomic mass is 10.2. The number of nitrogens with zero attached hydrogens (tertiary/aromatic N) is 2. The Balaban J connectivity index is 1.93. The number of fused-ring (bicyclic) bond motifs is 1. The maximum atomic E-state index is 5.52. The van der Waals surface area contributed by atoms with Crippen LogP contribution in [0.2, 0.25) is 0 Å². The molecule has 0 amide bonds. The van der Waals surface area contributed by atoms with Gasteiger partial charge in [-0.05, 0) is 49.8 Å². The monoisotopic (exact) mass is 318 g/mol. The van der Waals surface area contributed by atoms with Crippen molar-refractivity contribution in [1.82, 2.24) is 15.0 Å². The zero-order valence-corrected chi connectivity index (χ0v) is 13.8. The minimum Gasteiger partial charge on any atom is -0.494 e. The molecule has 0 atom stereocenters. The summed E-state index contributed by atoms with van der Waals surface area (Å²) in [5, 5.41) is 2.86. The Morgan fingerprint density at radius 1 is 1.17 bits per heavy atom. The molecule has 24 heavy (non-hydrogen) atoms. The molecule has 0 radical (unpaired) electrons. The summed E-state index contributed by atoms with van der Waals surface area (Å²) in [4.78, 5) is 15.6. The standard InChI is InChI=1S/C19H18N4O/c1-11-7-12(2)21-14(11)9-17-18(24-3)10-16(22-17)15-8-13-5-4-6-20-19(13)23-15/h4-10,21-22H,1-3H3/b16-15?,17-9-. The number of methoxy groups -OCH3 is 1. The molecule has 2 N–H and O–H groups in total. The van der Waals surface area contributed by atoms with Crippen LogP contribution in [0.3, 0.4) is 0 Å². The molecule has 0 saturated carbocycles. The smallest absolute Gasteiger partial charge is 0.159 e. The van der Waals surface area contributed by atoms with Gasteiger partial charge in [0, 0.05) is 28.9 Å². The molecule has 1 aliphatic rings. The lowest BCUT2D eigenvalue weighted by molar-refractivity contribution is 0.412. The van der Waals surface area contributed by atoms with Crippen LogP contribution in [0.25, 0.3) is 17.8 Å². The minimum absolute atomic E-state index is 0.752. The number of H-pyrrole nitrogens is 2. The highest BCUT2D eigenvalue weighted by molar-refractivity contribution is 5.76. The van der Waals surface area contributed by atoms with E-state index in [1.54, 1.807) is 13.3 Å². The number of aromatic amines is 2. The molecule has 0 spiro atoms. The third-order valence-corrected chi connectivity index (χ3v) is 4.12. The Hall–Kier alpha value is -3.08. The zero-order chi connectivity index (χ0) is 16.7. The number of nitrogens with one attached hydrogen (secondary N) is 2. The lowest BCUT2D eigenvalue weighted by Gasteiger charge is -1.94. The summed E-state index contributed by atoms with van der Waals surface area (Å²) < 4.78 is 5.52. The van der Waals surface area contributed by atoms with Crippen molar-refractivity contribution in [1.29, 1.82) is 0 Å². The Labute approximate surface area is 138 Å². The van der Waals surface area contributed by atoms with Gasteiger partial charge in [-0.1, -0.05) is 0 Å². The van der Waals surface area contributed by atoms with Gasteiger partial charge in [0.25, 0.3) is 0 Å². The SMILES string of the molecule is COc1cc(=C2C=c3cccnc3=N2)[nH]/c1=C\c1[nH]c(C)cc1C. The van der Waals surface area contributed by atoms with Crippen LogP contribution < -0.4 is 26.1 Å². The van der Waals surface area contributed by atoms with E-state index >= 15 is 0 Å². The fourth-order valence-electron chi connectivity index (χ4n) is 2.96. The topological polar surface area (TPSA) is 66.1 Å². The predicted molar refractivity (Wildman–Crippen MR) is 93.3 cm³/mol. The number of hydrogen-bond donors (Lipinski definition) is 2. The van der Waals surface area contributed by atoms with Crippen LogP contribution in [0.1, 0.15) is 17.0 Å². The molecule has 3 aromatic heterocycles. The highest BCUT2D eigenvalue weighted by Gasteiger charge is 2.07. The van der Waals surface area contributed by atoms with Crippen LogP contribution in [-0.2, 0) is 0 Å². The fourth-order valence-corrected chi connectivity index (χ4v) is 2.96. The van der Waals surface area contributed by atoms with Gasteiger partial charge in [0.2, 0.25) is 0 Å². The van der Waals surface area contributed by atoms with Crippen LogP contribution in [0.4, 0.5) is 0 Å². The molecule has 5 nitrogen and oxygen atoms in total. The number of aryl methyl sites for hydroxylation is 2. The van der Waals surface area contributed by atoms with Gasteiger partial charge >= 0.3 is 0 Å². The van der Waals surface area contributed by atoms with Gasteiger partial charge in [0.1, 0.15) is 5.75 Å². The molecular weight excluding hydrogens is 300 g/mol. The van der Waals surface area contributed by atoms with Crippen LogP contribution in [0.15, 0.2) is 35.5 Å². The molecule has 4 heterocycles. The zero-order valence-electron chi connectivity index (χ0n) is 13.8. The van der Waals surface area contributed by atoms with E-state index in [1.165, 1.54) is 5.56 Å². The summed E-state index contributed by atoms with van der Waals surface area (Å²) >= 11 is 0. The summed E-state index contributed by atoms with van der Waals surface area (Å²) in [5.74, 6) is 0.789. The summed E-state index contributed by atoms with van der Waals surface area (Å²) in [5.41, 5.74) is 5.02. The summed E-state index contributed by atoms with van der Waals surface area (Å²) in [6.45, 7) is 4.14. The summed E-state index contributed by atoms with van der Waals surface area (Å²) in [6, 6.07) is 8.02. The first-order valence-electron chi connectivity index (χ1n) is 7.81. The van der Waals surface area contributed by atoms with E-state index in [4.69, 9.17) is 4.74 Å². The molecule has 3 aromatic rings. The van der Waals surface area contributed by atoms with Crippen molar-refractivity contribution >= 4 is 17.8 Å². The first-order valence-corrected chi connectivity index (χ1v) is 7.81. The first kappa shape index (κ1) is 14.5. The van der Waals surface area contributed by atoms with Crippen molar-refractivity contribution in [2.24, 2.45) is 4.99 Å². The molecule has 1 aliphatic heterocycles. The summed E-state index contributed by atoms with van der Waals surface area (Å²) in [7, 11) is 1.67. The molecule has 0 saturated heterocycles. The second kappa shape index (κ2) is 5.53. The quantitative estimate of drug-likeness (QED) is 0.719. The van der Waals surface area contributed by atoms with E-state index in [2.05, 4.69) is 39.0 Å². The number of ether oxygens (including phenoxy) is 1. The minimum atomic E-state index is 0.752. The van der Waals surface area contributed by atoms with E-state index in [1.807, 2.05) is 31.2 Å². The molecule has 0 bridgehead atoms. The van der Waals surface area contributed by atoms with Gasteiger partial charge in [-0.15, -0.1) is 0 Å². The molecule has 120 valence electrons. The number of hydrogen-bond acceptors (Lipinski definition) is 3. The second-order valence-electron chi connectivity index (χ2n) is 5.92. The van der Waals surface area contributed by atoms with Gasteiger partial charge in [0.05, 0.1) is 23.5 Å². The van der Waals surface area contributed by atoms with Crippen LogP contribution in [-0.4, -0.2) is 22.1 Å². The molecule has 0 fully saturated rings. The van der Waals surface area contributed by atoms with E-state index < -0.39 is 0 Å². The van der Waals surface area contributed by atoms with Gasteiger partial charge in [0.15, 0.2) is 5.49 Å². The van der Waals surface area contributed by atoms with Crippen molar-refractivity contribution in [2.75, 3.05) is 7.11 Å². The Morgan fingerprint density at radius 2 is 2.04 bits per heavy atom. The largest absolute Gasteiger partial charge is 0.494 e. The number of aromatic nitrogens is 3. The van der Waals surface area contributed by atoms with Crippen molar-refractivity contribution in [3.8, 4) is 5.75 Å². The summed E-state index contributed by atoms with van der Waals surface area (Å²) in [6.07, 6.45) is 5.84. The van der Waals surface area contributed by atoms with Crippen molar-refractivity contribution in [2.45, 2.75) is 13.8 Å². The maximum Gasteiger partial charge on any atom is 0.159 e. The van der Waals surface area contributed by atoms with Crippen LogP contribution >= 0.6 is 0 Å². The van der Waals surface area contributed by atoms with Crippen LogP contribution in [0, 0.1) is 13.8 Å². The number of pyridine rings is 1. The molecular formula is C19H18N4O. The predicted octanol–water partition coefficient (Wildman–Crippen LogP) is 0.414. The van der Waals surface area contributed by atoms with Crippen molar-refractivity contribution in [3.63, 3.8) is 0 Å². The van der Waals surface area contributed by atoms with Gasteiger partial charge in [-0.3, -0.25) is 0 Å². The van der Waals surface area contributed by atoms with Gasteiger partial charge in [-0.25, -0.2) is 9.98 Å². The van der Waals surface area contributed by atoms with Gasteiger partial charge in [-0.2, -0.15) is 0 Å². The Kier molecular flexibility index (Phi) is 3.34. The van der Waals surface area contributed by atoms with Gasteiger partial charge < -0.3 is 14.7 Å². The second-order valence-corrected chi connectivity index (χ2v) is 5.92. The Bertz CT molecular complexity index is 1130. The van der Waals surface area contributed by atoms with E-state index in [9.17, 15) is 0 Å². The normalized spacial score (nSPS) is 15.9. The van der Waals surface area contributed by atoms with E-state index in [0.717, 1.165) is 44.2 Å². The van der Waals surface area contributed by atoms with Crippen molar-refractivity contribution in [3.05, 3.63) is 68.8 Å². The Morgan fingerprint density at radius 3 is 2.75 bits per heavy atom. The first-order chi connectivity index (χ1) is 11.6. The average molecular weight is 318 g/mol. The molecule has 5 heteroatoms. The third kappa shape index (κ3) is 2.44. The van der Waals surface area contributed by atoms with E-state index in [-0.39, 0.29) is 0 Å². The highest BCUT2D eigenvalue weighted by atomic mass is 16.5. The van der Waals surface area contributed by atoms with Crippen molar-refractivity contribution < 1.29 is 4.74 Å². The fraction of sp³-hybridized carbons (Fsp3) is 0.158. The molecule has 0 unspecified atom stereocenters. The van der Waals surface area contributed by atoms with Crippen LogP contribution in [0.5, 0.6) is 5.75 Å². The maximum absolute atomic E-state index is 5.52. The third-order valence-electron chi connectivity index (χ3n) is 4.12. The lowest BCUT2D eigenvalue weighted by Crippen LogP contribution is -2.23. The molecule has 4 rings (SSSR count). The van der Waals surface area contributed by atoms with E-state index in [0.29, 0.717) is 0 Å². The highest BCUT2D eigenvalue weighted by Crippen LogP contribution is 2.10.